The molecule has 1 fully saturated rings. The van der Waals surface area contributed by atoms with E-state index in [4.69, 9.17) is 5.11 Å². The Hall–Kier alpha value is -1.07. The first-order valence-corrected chi connectivity index (χ1v) is 7.78. The molecule has 1 aromatic carbocycles. The summed E-state index contributed by atoms with van der Waals surface area (Å²) in [5.41, 5.74) is 0.874. The van der Waals surface area contributed by atoms with Crippen LogP contribution < -0.4 is 0 Å². The second kappa shape index (κ2) is 6.59. The zero-order chi connectivity index (χ0) is 14.7. The van der Waals surface area contributed by atoms with Crippen LogP contribution in [0.2, 0.25) is 0 Å². The van der Waals surface area contributed by atoms with Crippen LogP contribution in [-0.4, -0.2) is 33.7 Å². The molecule has 0 heterocycles. The van der Waals surface area contributed by atoms with E-state index in [-0.39, 0.29) is 18.2 Å². The number of rotatable bonds is 7. The fourth-order valence-electron chi connectivity index (χ4n) is 2.65. The summed E-state index contributed by atoms with van der Waals surface area (Å²) < 4.78 is 0.928. The quantitative estimate of drug-likeness (QED) is 0.796. The van der Waals surface area contributed by atoms with Crippen LogP contribution in [0, 0.1) is 0 Å². The number of carboxylic acid groups (broad SMARTS) is 1. The first-order chi connectivity index (χ1) is 9.52. The SMILES string of the molecule is CCC(c1cc(Br)ccc1O)N(CCC(=O)O)C1CC1. The molecule has 5 heteroatoms. The molecule has 110 valence electrons. The van der Waals surface area contributed by atoms with Gasteiger partial charge in [-0.2, -0.15) is 0 Å². The van der Waals surface area contributed by atoms with Crippen molar-refractivity contribution in [3.63, 3.8) is 0 Å². The molecule has 1 unspecified atom stereocenters. The van der Waals surface area contributed by atoms with E-state index in [0.717, 1.165) is 29.3 Å². The normalized spacial score (nSPS) is 16.4. The van der Waals surface area contributed by atoms with Crippen molar-refractivity contribution in [1.82, 2.24) is 4.90 Å². The second-order valence-corrected chi connectivity index (χ2v) is 6.16. The van der Waals surface area contributed by atoms with Gasteiger partial charge in [0.1, 0.15) is 5.75 Å². The molecule has 0 spiro atoms. The first-order valence-electron chi connectivity index (χ1n) is 6.99. The number of aromatic hydroxyl groups is 1. The predicted octanol–water partition coefficient (Wildman–Crippen LogP) is 3.54. The minimum absolute atomic E-state index is 0.0688. The average molecular weight is 342 g/mol. The maximum atomic E-state index is 10.8. The molecule has 0 aromatic heterocycles. The first kappa shape index (κ1) is 15.3. The summed E-state index contributed by atoms with van der Waals surface area (Å²) in [6.45, 7) is 2.60. The van der Waals surface area contributed by atoms with Gasteiger partial charge in [0.15, 0.2) is 0 Å². The van der Waals surface area contributed by atoms with Crippen LogP contribution in [0.4, 0.5) is 0 Å². The van der Waals surface area contributed by atoms with Crippen LogP contribution in [0.25, 0.3) is 0 Å². The van der Waals surface area contributed by atoms with E-state index in [1.807, 2.05) is 12.1 Å². The van der Waals surface area contributed by atoms with E-state index in [2.05, 4.69) is 27.8 Å². The van der Waals surface area contributed by atoms with E-state index < -0.39 is 5.97 Å². The zero-order valence-electron chi connectivity index (χ0n) is 11.6. The largest absolute Gasteiger partial charge is 0.508 e. The highest BCUT2D eigenvalue weighted by molar-refractivity contribution is 9.10. The van der Waals surface area contributed by atoms with Crippen molar-refractivity contribution >= 4 is 21.9 Å². The summed E-state index contributed by atoms with van der Waals surface area (Å²) in [5, 5.41) is 19.0. The molecule has 0 radical (unpaired) electrons. The summed E-state index contributed by atoms with van der Waals surface area (Å²) in [7, 11) is 0. The van der Waals surface area contributed by atoms with Gasteiger partial charge in [0.25, 0.3) is 0 Å². The fraction of sp³-hybridized carbons (Fsp3) is 0.533. The van der Waals surface area contributed by atoms with Gasteiger partial charge >= 0.3 is 5.97 Å². The van der Waals surface area contributed by atoms with E-state index >= 15 is 0 Å². The number of phenolic OH excluding ortho intramolecular Hbond substituents is 1. The van der Waals surface area contributed by atoms with E-state index in [1.54, 1.807) is 6.07 Å². The van der Waals surface area contributed by atoms with Crippen molar-refractivity contribution in [3.05, 3.63) is 28.2 Å². The maximum absolute atomic E-state index is 10.8. The van der Waals surface area contributed by atoms with Gasteiger partial charge < -0.3 is 10.2 Å². The lowest BCUT2D eigenvalue weighted by atomic mass is 10.0. The fourth-order valence-corrected chi connectivity index (χ4v) is 3.03. The third-order valence-corrected chi connectivity index (χ3v) is 4.23. The second-order valence-electron chi connectivity index (χ2n) is 5.24. The van der Waals surface area contributed by atoms with Gasteiger partial charge in [-0.3, -0.25) is 9.69 Å². The average Bonchev–Trinajstić information content (AvgIpc) is 3.22. The molecule has 1 aromatic rings. The van der Waals surface area contributed by atoms with Gasteiger partial charge in [-0.15, -0.1) is 0 Å². The van der Waals surface area contributed by atoms with Crippen LogP contribution in [0.3, 0.4) is 0 Å². The number of carboxylic acids is 1. The molecular formula is C15H20BrNO3. The topological polar surface area (TPSA) is 60.8 Å². The summed E-state index contributed by atoms with van der Waals surface area (Å²) in [6, 6.07) is 5.95. The highest BCUT2D eigenvalue weighted by Gasteiger charge is 2.34. The van der Waals surface area contributed by atoms with Gasteiger partial charge in [0, 0.05) is 28.7 Å². The maximum Gasteiger partial charge on any atom is 0.304 e. The number of phenols is 1. The van der Waals surface area contributed by atoms with E-state index in [0.29, 0.717) is 12.6 Å². The van der Waals surface area contributed by atoms with Crippen LogP contribution in [0.5, 0.6) is 5.75 Å². The molecule has 1 aliphatic rings. The van der Waals surface area contributed by atoms with Gasteiger partial charge in [0.2, 0.25) is 0 Å². The molecule has 0 saturated heterocycles. The van der Waals surface area contributed by atoms with Gasteiger partial charge in [0.05, 0.1) is 6.42 Å². The molecule has 0 amide bonds. The molecule has 0 bridgehead atoms. The van der Waals surface area contributed by atoms with Gasteiger partial charge in [-0.05, 0) is 37.5 Å². The molecule has 2 rings (SSSR count). The molecular weight excluding hydrogens is 322 g/mol. The Morgan fingerprint density at radius 1 is 1.50 bits per heavy atom. The summed E-state index contributed by atoms with van der Waals surface area (Å²) in [6.07, 6.45) is 3.22. The number of hydrogen-bond acceptors (Lipinski definition) is 3. The van der Waals surface area contributed by atoms with Crippen molar-refractivity contribution in [1.29, 1.82) is 0 Å². The Bertz CT molecular complexity index is 488. The molecule has 4 nitrogen and oxygen atoms in total. The standard InChI is InChI=1S/C15H20BrNO3/c1-2-13(12-9-10(16)3-6-14(12)18)17(11-4-5-11)8-7-15(19)20/h3,6,9,11,13,18H,2,4-5,7-8H2,1H3,(H,19,20). The van der Waals surface area contributed by atoms with Crippen LogP contribution in [0.1, 0.15) is 44.2 Å². The number of carbonyl (C=O) groups is 1. The van der Waals surface area contributed by atoms with Crippen molar-refractivity contribution < 1.29 is 15.0 Å². The Morgan fingerprint density at radius 3 is 2.75 bits per heavy atom. The monoisotopic (exact) mass is 341 g/mol. The van der Waals surface area contributed by atoms with Crippen molar-refractivity contribution in [2.75, 3.05) is 6.54 Å². The smallest absolute Gasteiger partial charge is 0.304 e. The number of hydrogen-bond donors (Lipinski definition) is 2. The minimum atomic E-state index is -0.774. The minimum Gasteiger partial charge on any atom is -0.508 e. The lowest BCUT2D eigenvalue weighted by Crippen LogP contribution is -2.32. The highest BCUT2D eigenvalue weighted by atomic mass is 79.9. The van der Waals surface area contributed by atoms with Crippen LogP contribution >= 0.6 is 15.9 Å². The van der Waals surface area contributed by atoms with Crippen molar-refractivity contribution in [2.24, 2.45) is 0 Å². The molecule has 1 saturated carbocycles. The lowest BCUT2D eigenvalue weighted by Gasteiger charge is -2.31. The molecule has 0 aliphatic heterocycles. The molecule has 20 heavy (non-hydrogen) atoms. The third kappa shape index (κ3) is 3.73. The summed E-state index contributed by atoms with van der Waals surface area (Å²) in [5.74, 6) is -0.495. The Balaban J connectivity index is 2.23. The number of benzene rings is 1. The Labute approximate surface area is 127 Å². The summed E-state index contributed by atoms with van der Waals surface area (Å²) in [4.78, 5) is 13.1. The number of aliphatic carboxylic acids is 1. The van der Waals surface area contributed by atoms with Crippen LogP contribution in [0.15, 0.2) is 22.7 Å². The van der Waals surface area contributed by atoms with Crippen molar-refractivity contribution in [3.8, 4) is 5.75 Å². The van der Waals surface area contributed by atoms with E-state index in [9.17, 15) is 9.90 Å². The van der Waals surface area contributed by atoms with E-state index in [1.165, 1.54) is 0 Å². The lowest BCUT2D eigenvalue weighted by molar-refractivity contribution is -0.137. The van der Waals surface area contributed by atoms with Crippen molar-refractivity contribution in [2.45, 2.75) is 44.7 Å². The summed E-state index contributed by atoms with van der Waals surface area (Å²) >= 11 is 3.43. The van der Waals surface area contributed by atoms with Gasteiger partial charge in [-0.1, -0.05) is 22.9 Å². The third-order valence-electron chi connectivity index (χ3n) is 3.74. The molecule has 2 N–H and O–H groups in total. The van der Waals surface area contributed by atoms with Gasteiger partial charge in [-0.25, -0.2) is 0 Å². The Kier molecular flexibility index (Phi) is 5.05. The Morgan fingerprint density at radius 2 is 2.20 bits per heavy atom. The predicted molar refractivity (Wildman–Crippen MR) is 80.8 cm³/mol. The highest BCUT2D eigenvalue weighted by Crippen LogP contribution is 2.39. The number of nitrogens with zero attached hydrogens (tertiary/aromatic N) is 1. The molecule has 1 atom stereocenters. The number of halogens is 1. The molecule has 1 aliphatic carbocycles. The zero-order valence-corrected chi connectivity index (χ0v) is 13.1. The van der Waals surface area contributed by atoms with Crippen LogP contribution in [-0.2, 0) is 4.79 Å².